The number of carbonyl (C=O) groups is 1. The summed E-state index contributed by atoms with van der Waals surface area (Å²) in [4.78, 5) is 29.8. The fourth-order valence-electron chi connectivity index (χ4n) is 4.68. The van der Waals surface area contributed by atoms with Crippen molar-refractivity contribution in [3.8, 4) is 5.75 Å². The van der Waals surface area contributed by atoms with Crippen LogP contribution in [-0.2, 0) is 28.2 Å². The monoisotopic (exact) mass is 493 g/mol. The minimum atomic E-state index is -3.43. The standard InChI is InChI=1S/C23H28FN3O6S/c1-27-21(14-7-9-33-10-8-14)26-19(20(28)23(27)30)22(29)25-13-15-5-6-16(24)12-17(15)18-4-2-3-11-34(18,31)32/h5-6,12,14,18,28H,2-4,7-11,13H2,1H3,(H,25,29). The fraction of sp³-hybridized carbons (Fsp3) is 0.522. The van der Waals surface area contributed by atoms with Gasteiger partial charge >= 0.3 is 0 Å². The highest BCUT2D eigenvalue weighted by Crippen LogP contribution is 2.35. The number of ether oxygens (including phenoxy) is 1. The van der Waals surface area contributed by atoms with E-state index in [1.165, 1.54) is 29.8 Å². The van der Waals surface area contributed by atoms with Gasteiger partial charge in [0.05, 0.1) is 11.0 Å². The zero-order chi connectivity index (χ0) is 24.5. The van der Waals surface area contributed by atoms with Crippen molar-refractivity contribution < 1.29 is 27.4 Å². The molecule has 1 atom stereocenters. The van der Waals surface area contributed by atoms with Gasteiger partial charge in [-0.15, -0.1) is 0 Å². The molecule has 9 nitrogen and oxygen atoms in total. The molecule has 0 saturated carbocycles. The largest absolute Gasteiger partial charge is 0.501 e. The van der Waals surface area contributed by atoms with Crippen LogP contribution in [0.25, 0.3) is 0 Å². The van der Waals surface area contributed by atoms with E-state index in [0.717, 1.165) is 0 Å². The summed E-state index contributed by atoms with van der Waals surface area (Å²) in [5.41, 5.74) is -0.335. The van der Waals surface area contributed by atoms with Gasteiger partial charge in [-0.1, -0.05) is 12.5 Å². The van der Waals surface area contributed by atoms with Crippen molar-refractivity contribution in [1.82, 2.24) is 14.9 Å². The Kier molecular flexibility index (Phi) is 7.04. The van der Waals surface area contributed by atoms with Gasteiger partial charge in [-0.3, -0.25) is 14.2 Å². The van der Waals surface area contributed by atoms with E-state index in [4.69, 9.17) is 4.74 Å². The number of rotatable bonds is 5. The molecular weight excluding hydrogens is 465 g/mol. The average molecular weight is 494 g/mol. The minimum Gasteiger partial charge on any atom is -0.501 e. The summed E-state index contributed by atoms with van der Waals surface area (Å²) in [6, 6.07) is 3.85. The molecule has 2 fully saturated rings. The fourth-order valence-corrected chi connectivity index (χ4v) is 6.70. The molecule has 0 radical (unpaired) electrons. The summed E-state index contributed by atoms with van der Waals surface area (Å²) in [5.74, 6) is -1.74. The molecule has 0 spiro atoms. The molecule has 1 amide bonds. The Hall–Kier alpha value is -2.79. The van der Waals surface area contributed by atoms with E-state index in [0.29, 0.717) is 62.3 Å². The van der Waals surface area contributed by atoms with Gasteiger partial charge in [0.25, 0.3) is 11.5 Å². The lowest BCUT2D eigenvalue weighted by molar-refractivity contribution is 0.0824. The maximum Gasteiger partial charge on any atom is 0.296 e. The van der Waals surface area contributed by atoms with Gasteiger partial charge in [0, 0.05) is 32.7 Å². The van der Waals surface area contributed by atoms with Crippen LogP contribution in [0, 0.1) is 5.82 Å². The first kappa shape index (κ1) is 24.3. The number of sulfone groups is 1. The van der Waals surface area contributed by atoms with Gasteiger partial charge < -0.3 is 15.2 Å². The number of nitrogens with zero attached hydrogens (tertiary/aromatic N) is 2. The number of halogens is 1. The Balaban J connectivity index is 1.60. The van der Waals surface area contributed by atoms with E-state index in [1.54, 1.807) is 0 Å². The Morgan fingerprint density at radius 3 is 2.71 bits per heavy atom. The van der Waals surface area contributed by atoms with Crippen molar-refractivity contribution in [1.29, 1.82) is 0 Å². The Morgan fingerprint density at radius 1 is 1.26 bits per heavy atom. The SMILES string of the molecule is Cn1c(C2CCOCC2)nc(C(=O)NCc2ccc(F)cc2C2CCCCS2(=O)=O)c(O)c1=O. The number of benzene rings is 1. The van der Waals surface area contributed by atoms with Crippen LogP contribution in [0.15, 0.2) is 23.0 Å². The summed E-state index contributed by atoms with van der Waals surface area (Å²) in [5, 5.41) is 12.1. The number of carbonyl (C=O) groups excluding carboxylic acids is 1. The highest BCUT2D eigenvalue weighted by molar-refractivity contribution is 7.91. The highest BCUT2D eigenvalue weighted by atomic mass is 32.2. The molecule has 34 heavy (non-hydrogen) atoms. The van der Waals surface area contributed by atoms with E-state index in [9.17, 15) is 27.5 Å². The first-order valence-corrected chi connectivity index (χ1v) is 13.1. The number of aromatic hydroxyl groups is 1. The first-order valence-electron chi connectivity index (χ1n) is 11.3. The van der Waals surface area contributed by atoms with Gasteiger partial charge in [0.2, 0.25) is 5.75 Å². The molecule has 1 unspecified atom stereocenters. The van der Waals surface area contributed by atoms with Gasteiger partial charge in [0.1, 0.15) is 11.6 Å². The summed E-state index contributed by atoms with van der Waals surface area (Å²) in [6.45, 7) is 0.921. The van der Waals surface area contributed by atoms with Crippen molar-refractivity contribution in [2.45, 2.75) is 49.8 Å². The smallest absolute Gasteiger partial charge is 0.296 e. The molecule has 2 N–H and O–H groups in total. The Bertz CT molecular complexity index is 1250. The Morgan fingerprint density at radius 2 is 2.00 bits per heavy atom. The molecule has 2 saturated heterocycles. The average Bonchev–Trinajstić information content (AvgIpc) is 2.82. The second-order valence-electron chi connectivity index (χ2n) is 8.80. The van der Waals surface area contributed by atoms with Crippen LogP contribution in [0.5, 0.6) is 5.75 Å². The third kappa shape index (κ3) is 4.85. The van der Waals surface area contributed by atoms with E-state index in [1.807, 2.05) is 0 Å². The molecule has 3 heterocycles. The van der Waals surface area contributed by atoms with E-state index in [-0.39, 0.29) is 18.2 Å². The van der Waals surface area contributed by atoms with Gasteiger partial charge in [0.15, 0.2) is 15.5 Å². The van der Waals surface area contributed by atoms with Crippen molar-refractivity contribution in [2.24, 2.45) is 7.05 Å². The lowest BCUT2D eigenvalue weighted by Crippen LogP contribution is -2.32. The minimum absolute atomic E-state index is 0.0417. The van der Waals surface area contributed by atoms with Crippen LogP contribution in [0.1, 0.15) is 70.7 Å². The number of aromatic nitrogens is 2. The predicted octanol–water partition coefficient (Wildman–Crippen LogP) is 2.09. The van der Waals surface area contributed by atoms with Crippen LogP contribution >= 0.6 is 0 Å². The van der Waals surface area contributed by atoms with E-state index in [2.05, 4.69) is 10.3 Å². The number of nitrogens with one attached hydrogen (secondary N) is 1. The number of hydrogen-bond acceptors (Lipinski definition) is 7. The van der Waals surface area contributed by atoms with E-state index < -0.39 is 43.8 Å². The Labute approximate surface area is 196 Å². The quantitative estimate of drug-likeness (QED) is 0.653. The summed E-state index contributed by atoms with van der Waals surface area (Å²) in [7, 11) is -1.93. The van der Waals surface area contributed by atoms with Crippen LogP contribution in [-0.4, -0.2) is 47.9 Å². The normalized spacial score (nSPS) is 20.7. The van der Waals surface area contributed by atoms with E-state index >= 15 is 0 Å². The number of hydrogen-bond donors (Lipinski definition) is 2. The summed E-state index contributed by atoms with van der Waals surface area (Å²) < 4.78 is 45.8. The van der Waals surface area contributed by atoms with Gasteiger partial charge in [-0.25, -0.2) is 17.8 Å². The van der Waals surface area contributed by atoms with Gasteiger partial charge in [-0.05, 0) is 48.9 Å². The third-order valence-corrected chi connectivity index (χ3v) is 8.79. The lowest BCUT2D eigenvalue weighted by Gasteiger charge is -2.25. The van der Waals surface area contributed by atoms with Crippen molar-refractivity contribution in [3.05, 3.63) is 57.0 Å². The highest BCUT2D eigenvalue weighted by Gasteiger charge is 2.32. The maximum absolute atomic E-state index is 14.0. The van der Waals surface area contributed by atoms with Crippen LogP contribution < -0.4 is 10.9 Å². The second-order valence-corrected chi connectivity index (χ2v) is 11.1. The molecule has 2 aliphatic heterocycles. The molecule has 0 aliphatic carbocycles. The molecular formula is C23H28FN3O6S. The number of amides is 1. The molecule has 184 valence electrons. The summed E-state index contributed by atoms with van der Waals surface area (Å²) in [6.07, 6.45) is 2.95. The molecule has 2 aliphatic rings. The first-order chi connectivity index (χ1) is 16.2. The molecule has 0 bridgehead atoms. The molecule has 11 heteroatoms. The lowest BCUT2D eigenvalue weighted by atomic mass is 9.99. The predicted molar refractivity (Wildman–Crippen MR) is 122 cm³/mol. The zero-order valence-corrected chi connectivity index (χ0v) is 19.7. The van der Waals surface area contributed by atoms with Crippen LogP contribution in [0.3, 0.4) is 0 Å². The molecule has 1 aromatic heterocycles. The topological polar surface area (TPSA) is 128 Å². The molecule has 4 rings (SSSR count). The molecule has 1 aromatic carbocycles. The summed E-state index contributed by atoms with van der Waals surface area (Å²) >= 11 is 0. The molecule has 2 aromatic rings. The van der Waals surface area contributed by atoms with Crippen molar-refractivity contribution in [3.63, 3.8) is 0 Å². The van der Waals surface area contributed by atoms with Crippen molar-refractivity contribution >= 4 is 15.7 Å². The zero-order valence-electron chi connectivity index (χ0n) is 18.9. The van der Waals surface area contributed by atoms with Crippen molar-refractivity contribution in [2.75, 3.05) is 19.0 Å². The third-order valence-electron chi connectivity index (χ3n) is 6.58. The maximum atomic E-state index is 14.0. The van der Waals surface area contributed by atoms with Crippen LogP contribution in [0.2, 0.25) is 0 Å². The van der Waals surface area contributed by atoms with Gasteiger partial charge in [-0.2, -0.15) is 0 Å². The second kappa shape index (κ2) is 9.83. The van der Waals surface area contributed by atoms with Crippen LogP contribution in [0.4, 0.5) is 4.39 Å².